The smallest absolute Gasteiger partial charge is 0.324 e. The first-order valence-electron chi connectivity index (χ1n) is 6.38. The molecule has 18 heavy (non-hydrogen) atoms. The number of esters is 1. The molecule has 2 atom stereocenters. The minimum Gasteiger partial charge on any atom is -0.465 e. The lowest BCUT2D eigenvalue weighted by Gasteiger charge is -2.12. The highest BCUT2D eigenvalue weighted by Gasteiger charge is 2.30. The second kappa shape index (κ2) is 6.81. The zero-order valence-electron chi connectivity index (χ0n) is 10.6. The fourth-order valence-electron chi connectivity index (χ4n) is 2.02. The van der Waals surface area contributed by atoms with Gasteiger partial charge in [0.05, 0.1) is 12.0 Å². The molecule has 4 heteroatoms. The first-order chi connectivity index (χ1) is 8.79. The lowest BCUT2D eigenvalue weighted by molar-refractivity contribution is -0.144. The Bertz CT molecular complexity index is 383. The van der Waals surface area contributed by atoms with Gasteiger partial charge in [-0.05, 0) is 25.3 Å². The van der Waals surface area contributed by atoms with Crippen LogP contribution in [-0.2, 0) is 16.0 Å². The van der Waals surface area contributed by atoms with Crippen LogP contribution in [0.1, 0.15) is 18.9 Å². The number of hydrogen-bond donors (Lipinski definition) is 1. The van der Waals surface area contributed by atoms with Crippen LogP contribution in [0, 0.1) is 0 Å². The van der Waals surface area contributed by atoms with E-state index in [1.54, 1.807) is 0 Å². The number of hydrogen-bond acceptors (Lipinski definition) is 4. The Labute approximate surface area is 112 Å². The van der Waals surface area contributed by atoms with E-state index in [2.05, 4.69) is 29.6 Å². The quantitative estimate of drug-likeness (QED) is 0.829. The molecular formula is C14H19NO2S. The van der Waals surface area contributed by atoms with E-state index < -0.39 is 0 Å². The standard InChI is InChI=1S/C14H19NO2S/c1-2-17-14(16)12-10-18-13(15-12)9-8-11-6-4-3-5-7-11/h3-7,12-13,15H,2,8-10H2,1H3/t12-,13-/m1/s1. The third-order valence-corrected chi connectivity index (χ3v) is 4.26. The van der Waals surface area contributed by atoms with Crippen LogP contribution in [0.25, 0.3) is 0 Å². The lowest BCUT2D eigenvalue weighted by Crippen LogP contribution is -2.38. The maximum absolute atomic E-state index is 11.6. The van der Waals surface area contributed by atoms with Gasteiger partial charge in [-0.15, -0.1) is 11.8 Å². The van der Waals surface area contributed by atoms with Crippen molar-refractivity contribution in [3.05, 3.63) is 35.9 Å². The van der Waals surface area contributed by atoms with Crippen molar-refractivity contribution in [2.24, 2.45) is 0 Å². The van der Waals surface area contributed by atoms with Gasteiger partial charge in [-0.2, -0.15) is 0 Å². The highest BCUT2D eigenvalue weighted by atomic mass is 32.2. The highest BCUT2D eigenvalue weighted by molar-refractivity contribution is 8.00. The van der Waals surface area contributed by atoms with Crippen LogP contribution in [0.15, 0.2) is 30.3 Å². The van der Waals surface area contributed by atoms with E-state index in [4.69, 9.17) is 4.74 Å². The van der Waals surface area contributed by atoms with E-state index in [1.165, 1.54) is 5.56 Å². The molecule has 2 rings (SSSR count). The molecular weight excluding hydrogens is 246 g/mol. The summed E-state index contributed by atoms with van der Waals surface area (Å²) in [6.45, 7) is 2.29. The lowest BCUT2D eigenvalue weighted by atomic mass is 10.1. The first kappa shape index (κ1) is 13.4. The number of carbonyl (C=O) groups is 1. The summed E-state index contributed by atoms with van der Waals surface area (Å²) < 4.78 is 5.02. The largest absolute Gasteiger partial charge is 0.465 e. The maximum atomic E-state index is 11.6. The van der Waals surface area contributed by atoms with Crippen LogP contribution in [0.2, 0.25) is 0 Å². The van der Waals surface area contributed by atoms with E-state index in [9.17, 15) is 4.79 Å². The molecule has 98 valence electrons. The SMILES string of the molecule is CCOC(=O)[C@H]1CS[C@H](CCc2ccccc2)N1. The summed E-state index contributed by atoms with van der Waals surface area (Å²) in [5, 5.41) is 3.69. The molecule has 1 aromatic carbocycles. The van der Waals surface area contributed by atoms with E-state index in [1.807, 2.05) is 24.8 Å². The Morgan fingerprint density at radius 1 is 1.44 bits per heavy atom. The molecule has 3 nitrogen and oxygen atoms in total. The van der Waals surface area contributed by atoms with Gasteiger partial charge in [-0.1, -0.05) is 30.3 Å². The fraction of sp³-hybridized carbons (Fsp3) is 0.500. The Balaban J connectivity index is 1.74. The average molecular weight is 265 g/mol. The van der Waals surface area contributed by atoms with E-state index >= 15 is 0 Å². The molecule has 0 saturated carbocycles. The molecule has 1 aliphatic rings. The van der Waals surface area contributed by atoms with Crippen molar-refractivity contribution < 1.29 is 9.53 Å². The Hall–Kier alpha value is -1.00. The van der Waals surface area contributed by atoms with Crippen LogP contribution >= 0.6 is 11.8 Å². The molecule has 1 N–H and O–H groups in total. The topological polar surface area (TPSA) is 38.3 Å². The fourth-order valence-corrected chi connectivity index (χ4v) is 3.22. The minimum atomic E-state index is -0.129. The molecule has 0 radical (unpaired) electrons. The molecule has 0 bridgehead atoms. The average Bonchev–Trinajstić information content (AvgIpc) is 2.87. The summed E-state index contributed by atoms with van der Waals surface area (Å²) in [4.78, 5) is 11.6. The molecule has 0 aromatic heterocycles. The van der Waals surface area contributed by atoms with Crippen molar-refractivity contribution in [1.29, 1.82) is 0 Å². The summed E-state index contributed by atoms with van der Waals surface area (Å²) in [5.74, 6) is 0.699. The maximum Gasteiger partial charge on any atom is 0.324 e. The van der Waals surface area contributed by atoms with Gasteiger partial charge in [0, 0.05) is 5.75 Å². The van der Waals surface area contributed by atoms with Gasteiger partial charge in [-0.25, -0.2) is 0 Å². The number of ether oxygens (including phenoxy) is 1. The zero-order valence-corrected chi connectivity index (χ0v) is 11.4. The molecule has 0 spiro atoms. The summed E-state index contributed by atoms with van der Waals surface area (Å²) in [6, 6.07) is 10.3. The molecule has 1 heterocycles. The summed E-state index contributed by atoms with van der Waals surface area (Å²) in [6.07, 6.45) is 2.09. The van der Waals surface area contributed by atoms with E-state index in [0.717, 1.165) is 18.6 Å². The van der Waals surface area contributed by atoms with Crippen LogP contribution in [0.5, 0.6) is 0 Å². The predicted molar refractivity (Wildman–Crippen MR) is 74.6 cm³/mol. The number of rotatable bonds is 5. The zero-order chi connectivity index (χ0) is 12.8. The van der Waals surface area contributed by atoms with Crippen molar-refractivity contribution in [3.8, 4) is 0 Å². The molecule has 0 amide bonds. The molecule has 0 aliphatic carbocycles. The molecule has 1 saturated heterocycles. The molecule has 1 aromatic rings. The van der Waals surface area contributed by atoms with Crippen molar-refractivity contribution in [1.82, 2.24) is 5.32 Å². The Kier molecular flexibility index (Phi) is 5.08. The normalized spacial score (nSPS) is 22.9. The number of thioether (sulfide) groups is 1. The van der Waals surface area contributed by atoms with Gasteiger partial charge < -0.3 is 4.74 Å². The van der Waals surface area contributed by atoms with Gasteiger partial charge in [-0.3, -0.25) is 10.1 Å². The Morgan fingerprint density at radius 2 is 2.22 bits per heavy atom. The number of nitrogens with one attached hydrogen (secondary N) is 1. The second-order valence-corrected chi connectivity index (χ2v) is 5.55. The van der Waals surface area contributed by atoms with Gasteiger partial charge in [0.1, 0.15) is 6.04 Å². The van der Waals surface area contributed by atoms with Gasteiger partial charge in [0.25, 0.3) is 0 Å². The highest BCUT2D eigenvalue weighted by Crippen LogP contribution is 2.23. The summed E-state index contributed by atoms with van der Waals surface area (Å²) in [5.41, 5.74) is 1.35. The van der Waals surface area contributed by atoms with Crippen LogP contribution in [0.4, 0.5) is 0 Å². The van der Waals surface area contributed by atoms with Crippen molar-refractivity contribution in [3.63, 3.8) is 0 Å². The third-order valence-electron chi connectivity index (χ3n) is 2.96. The minimum absolute atomic E-state index is 0.118. The van der Waals surface area contributed by atoms with Crippen LogP contribution < -0.4 is 5.32 Å². The predicted octanol–water partition coefficient (Wildman–Crippen LogP) is 2.21. The number of benzene rings is 1. The van der Waals surface area contributed by atoms with Gasteiger partial charge >= 0.3 is 5.97 Å². The molecule has 1 aliphatic heterocycles. The van der Waals surface area contributed by atoms with Crippen LogP contribution in [0.3, 0.4) is 0 Å². The Morgan fingerprint density at radius 3 is 2.94 bits per heavy atom. The van der Waals surface area contributed by atoms with Crippen molar-refractivity contribution in [2.75, 3.05) is 12.4 Å². The van der Waals surface area contributed by atoms with Crippen LogP contribution in [-0.4, -0.2) is 29.7 Å². The second-order valence-electron chi connectivity index (χ2n) is 4.32. The summed E-state index contributed by atoms with van der Waals surface area (Å²) in [7, 11) is 0. The number of carbonyl (C=O) groups excluding carboxylic acids is 1. The summed E-state index contributed by atoms with van der Waals surface area (Å²) >= 11 is 1.81. The van der Waals surface area contributed by atoms with Crippen molar-refractivity contribution >= 4 is 17.7 Å². The van der Waals surface area contributed by atoms with E-state index in [-0.39, 0.29) is 12.0 Å². The first-order valence-corrected chi connectivity index (χ1v) is 7.42. The van der Waals surface area contributed by atoms with Gasteiger partial charge in [0.2, 0.25) is 0 Å². The monoisotopic (exact) mass is 265 g/mol. The van der Waals surface area contributed by atoms with Crippen molar-refractivity contribution in [2.45, 2.75) is 31.2 Å². The third kappa shape index (κ3) is 3.75. The van der Waals surface area contributed by atoms with E-state index in [0.29, 0.717) is 12.0 Å². The number of aryl methyl sites for hydroxylation is 1. The van der Waals surface area contributed by atoms with Gasteiger partial charge in [0.15, 0.2) is 0 Å². The molecule has 1 fully saturated rings. The molecule has 0 unspecified atom stereocenters.